The second-order valence-corrected chi connectivity index (χ2v) is 5.41. The fourth-order valence-electron chi connectivity index (χ4n) is 2.57. The summed E-state index contributed by atoms with van der Waals surface area (Å²) in [4.78, 5) is 11.5. The summed E-state index contributed by atoms with van der Waals surface area (Å²) in [6.45, 7) is 6.43. The third-order valence-electron chi connectivity index (χ3n) is 4.13. The van der Waals surface area contributed by atoms with Crippen LogP contribution >= 0.6 is 0 Å². The lowest BCUT2D eigenvalue weighted by molar-refractivity contribution is -0.120. The van der Waals surface area contributed by atoms with Crippen LogP contribution < -0.4 is 5.32 Å². The molecular formula is C13H21N3O. The Morgan fingerprint density at radius 2 is 2.29 bits per heavy atom. The van der Waals surface area contributed by atoms with Gasteiger partial charge in [0.15, 0.2) is 0 Å². The van der Waals surface area contributed by atoms with Crippen LogP contribution in [0, 0.1) is 12.8 Å². The molecule has 0 bridgehead atoms. The summed E-state index contributed by atoms with van der Waals surface area (Å²) in [5, 5.41) is 7.45. The van der Waals surface area contributed by atoms with E-state index < -0.39 is 0 Å². The molecule has 1 saturated heterocycles. The van der Waals surface area contributed by atoms with E-state index in [1.165, 1.54) is 11.3 Å². The molecule has 2 rings (SSSR count). The zero-order valence-electron chi connectivity index (χ0n) is 11.1. The number of aryl methyl sites for hydroxylation is 1. The smallest absolute Gasteiger partial charge is 0.220 e. The van der Waals surface area contributed by atoms with Gasteiger partial charge in [0, 0.05) is 24.7 Å². The molecule has 1 aliphatic heterocycles. The van der Waals surface area contributed by atoms with Gasteiger partial charge in [-0.2, -0.15) is 5.10 Å². The molecule has 1 unspecified atom stereocenters. The third-order valence-corrected chi connectivity index (χ3v) is 4.13. The van der Waals surface area contributed by atoms with Crippen molar-refractivity contribution in [3.8, 4) is 0 Å². The molecule has 1 aliphatic rings. The van der Waals surface area contributed by atoms with Crippen molar-refractivity contribution in [2.75, 3.05) is 0 Å². The summed E-state index contributed by atoms with van der Waals surface area (Å²) in [5.74, 6) is 0.619. The first-order chi connectivity index (χ1) is 7.94. The van der Waals surface area contributed by atoms with Crippen LogP contribution in [0.15, 0.2) is 6.20 Å². The SMILES string of the molecule is Cc1c(CC2(C(C)C)CCC(=O)N2)cnn1C. The minimum Gasteiger partial charge on any atom is -0.350 e. The van der Waals surface area contributed by atoms with Gasteiger partial charge in [0.05, 0.1) is 6.20 Å². The lowest BCUT2D eigenvalue weighted by Gasteiger charge is -2.33. The number of hydrogen-bond donors (Lipinski definition) is 1. The van der Waals surface area contributed by atoms with Crippen LogP contribution in [0.3, 0.4) is 0 Å². The van der Waals surface area contributed by atoms with Gasteiger partial charge in [-0.05, 0) is 31.2 Å². The third kappa shape index (κ3) is 2.08. The zero-order valence-corrected chi connectivity index (χ0v) is 11.1. The Morgan fingerprint density at radius 1 is 1.59 bits per heavy atom. The normalized spacial score (nSPS) is 24.4. The first-order valence-corrected chi connectivity index (χ1v) is 6.23. The number of nitrogens with one attached hydrogen (secondary N) is 1. The van der Waals surface area contributed by atoms with Gasteiger partial charge in [-0.25, -0.2) is 0 Å². The van der Waals surface area contributed by atoms with Crippen LogP contribution in [0.4, 0.5) is 0 Å². The highest BCUT2D eigenvalue weighted by molar-refractivity contribution is 5.79. The summed E-state index contributed by atoms with van der Waals surface area (Å²) < 4.78 is 1.89. The molecule has 0 saturated carbocycles. The van der Waals surface area contributed by atoms with Gasteiger partial charge in [-0.3, -0.25) is 9.48 Å². The number of carbonyl (C=O) groups is 1. The number of aromatic nitrogens is 2. The number of carbonyl (C=O) groups excluding carboxylic acids is 1. The highest BCUT2D eigenvalue weighted by atomic mass is 16.2. The van der Waals surface area contributed by atoms with Crippen LogP contribution in [-0.2, 0) is 18.3 Å². The first-order valence-electron chi connectivity index (χ1n) is 6.23. The van der Waals surface area contributed by atoms with Gasteiger partial charge in [0.25, 0.3) is 0 Å². The van der Waals surface area contributed by atoms with Crippen molar-refractivity contribution in [3.63, 3.8) is 0 Å². The molecule has 4 nitrogen and oxygen atoms in total. The molecule has 1 aromatic rings. The van der Waals surface area contributed by atoms with Gasteiger partial charge in [-0.15, -0.1) is 0 Å². The van der Waals surface area contributed by atoms with E-state index in [0.29, 0.717) is 12.3 Å². The maximum absolute atomic E-state index is 11.5. The molecule has 0 radical (unpaired) electrons. The molecule has 1 atom stereocenters. The highest BCUT2D eigenvalue weighted by Gasteiger charge is 2.40. The number of nitrogens with zero attached hydrogens (tertiary/aromatic N) is 2. The van der Waals surface area contributed by atoms with Crippen LogP contribution in [0.5, 0.6) is 0 Å². The maximum Gasteiger partial charge on any atom is 0.220 e. The van der Waals surface area contributed by atoms with E-state index in [4.69, 9.17) is 0 Å². The molecule has 94 valence electrons. The Hall–Kier alpha value is -1.32. The van der Waals surface area contributed by atoms with Crippen molar-refractivity contribution < 1.29 is 4.79 Å². The van der Waals surface area contributed by atoms with Crippen LogP contribution in [0.2, 0.25) is 0 Å². The lowest BCUT2D eigenvalue weighted by Crippen LogP contribution is -2.48. The zero-order chi connectivity index (χ0) is 12.6. The van der Waals surface area contributed by atoms with Crippen LogP contribution in [0.1, 0.15) is 37.9 Å². The Morgan fingerprint density at radius 3 is 2.71 bits per heavy atom. The number of hydrogen-bond acceptors (Lipinski definition) is 2. The number of amides is 1. The fraction of sp³-hybridized carbons (Fsp3) is 0.692. The average molecular weight is 235 g/mol. The Balaban J connectivity index is 2.25. The Kier molecular flexibility index (Phi) is 2.98. The first kappa shape index (κ1) is 12.1. The Labute approximate surface area is 102 Å². The lowest BCUT2D eigenvalue weighted by atomic mass is 9.80. The highest BCUT2D eigenvalue weighted by Crippen LogP contribution is 2.32. The van der Waals surface area contributed by atoms with Crippen molar-refractivity contribution >= 4 is 5.91 Å². The predicted molar refractivity (Wildman–Crippen MR) is 66.6 cm³/mol. The summed E-state index contributed by atoms with van der Waals surface area (Å²) in [6.07, 6.45) is 4.38. The van der Waals surface area contributed by atoms with Crippen molar-refractivity contribution in [2.24, 2.45) is 13.0 Å². The molecule has 1 amide bonds. The van der Waals surface area contributed by atoms with Crippen molar-refractivity contribution in [2.45, 2.75) is 45.6 Å². The topological polar surface area (TPSA) is 46.9 Å². The minimum absolute atomic E-state index is 0.0785. The van der Waals surface area contributed by atoms with E-state index in [0.717, 1.165) is 12.8 Å². The monoisotopic (exact) mass is 235 g/mol. The molecular weight excluding hydrogens is 214 g/mol. The molecule has 4 heteroatoms. The van der Waals surface area contributed by atoms with Gasteiger partial charge in [-0.1, -0.05) is 13.8 Å². The largest absolute Gasteiger partial charge is 0.350 e. The van der Waals surface area contributed by atoms with Gasteiger partial charge in [0.1, 0.15) is 0 Å². The Bertz CT molecular complexity index is 436. The molecule has 0 spiro atoms. The van der Waals surface area contributed by atoms with Crippen molar-refractivity contribution in [1.29, 1.82) is 0 Å². The summed E-state index contributed by atoms with van der Waals surface area (Å²) in [7, 11) is 1.95. The molecule has 1 fully saturated rings. The van der Waals surface area contributed by atoms with E-state index >= 15 is 0 Å². The minimum atomic E-state index is -0.0785. The van der Waals surface area contributed by atoms with Crippen LogP contribution in [-0.4, -0.2) is 21.2 Å². The number of rotatable bonds is 3. The maximum atomic E-state index is 11.5. The molecule has 1 N–H and O–H groups in total. The second-order valence-electron chi connectivity index (χ2n) is 5.41. The fourth-order valence-corrected chi connectivity index (χ4v) is 2.57. The van der Waals surface area contributed by atoms with E-state index in [2.05, 4.69) is 31.2 Å². The van der Waals surface area contributed by atoms with E-state index in [1.54, 1.807) is 0 Å². The quantitative estimate of drug-likeness (QED) is 0.864. The van der Waals surface area contributed by atoms with E-state index in [1.807, 2.05) is 17.9 Å². The van der Waals surface area contributed by atoms with Crippen molar-refractivity contribution in [3.05, 3.63) is 17.5 Å². The predicted octanol–water partition coefficient (Wildman–Crippen LogP) is 1.58. The van der Waals surface area contributed by atoms with E-state index in [9.17, 15) is 4.79 Å². The molecule has 17 heavy (non-hydrogen) atoms. The molecule has 0 aliphatic carbocycles. The molecule has 2 heterocycles. The molecule has 0 aromatic carbocycles. The summed E-state index contributed by atoms with van der Waals surface area (Å²) in [6, 6.07) is 0. The van der Waals surface area contributed by atoms with Crippen molar-refractivity contribution in [1.82, 2.24) is 15.1 Å². The van der Waals surface area contributed by atoms with Crippen LogP contribution in [0.25, 0.3) is 0 Å². The summed E-state index contributed by atoms with van der Waals surface area (Å²) in [5.41, 5.74) is 2.35. The van der Waals surface area contributed by atoms with E-state index in [-0.39, 0.29) is 11.4 Å². The summed E-state index contributed by atoms with van der Waals surface area (Å²) >= 11 is 0. The van der Waals surface area contributed by atoms with Gasteiger partial charge < -0.3 is 5.32 Å². The second kappa shape index (κ2) is 4.17. The average Bonchev–Trinajstić information content (AvgIpc) is 2.78. The van der Waals surface area contributed by atoms with Gasteiger partial charge in [0.2, 0.25) is 5.91 Å². The molecule has 1 aromatic heterocycles. The standard InChI is InChI=1S/C13H21N3O/c1-9(2)13(6-5-12(17)15-13)7-11-8-14-16(4)10(11)3/h8-9H,5-7H2,1-4H3,(H,15,17). The van der Waals surface area contributed by atoms with Gasteiger partial charge >= 0.3 is 0 Å².